The molecule has 324 valence electrons. The number of carbonyl (C=O) groups is 2. The van der Waals surface area contributed by atoms with Crippen LogP contribution in [-0.4, -0.2) is 97.0 Å². The summed E-state index contributed by atoms with van der Waals surface area (Å²) in [4.78, 5) is 27.1. The number of hydrogen-bond donors (Lipinski definition) is 3. The number of fused-ring (bicyclic) bond motifs is 4. The summed E-state index contributed by atoms with van der Waals surface area (Å²) in [7, 11) is -11.8. The highest BCUT2D eigenvalue weighted by molar-refractivity contribution is 7.86. The Morgan fingerprint density at radius 3 is 2.20 bits per heavy atom. The fourth-order valence-corrected chi connectivity index (χ4v) is 9.24. The minimum atomic E-state index is -6.30. The number of aliphatic carboxylic acids is 1. The zero-order valence-corrected chi connectivity index (χ0v) is 32.8. The Morgan fingerprint density at radius 1 is 0.902 bits per heavy atom. The highest BCUT2D eigenvalue weighted by atomic mass is 32.2. The van der Waals surface area contributed by atoms with E-state index in [4.69, 9.17) is 26.7 Å². The minimum absolute atomic E-state index is 0.377. The molecule has 0 fully saturated rings. The normalized spacial score (nSPS) is 24.2. The number of amides is 1. The summed E-state index contributed by atoms with van der Waals surface area (Å²) in [5.74, 6) is -15.4. The predicted molar refractivity (Wildman–Crippen MR) is 216 cm³/mol. The van der Waals surface area contributed by atoms with Crippen LogP contribution in [-0.2, 0) is 37.9 Å². The van der Waals surface area contributed by atoms with Crippen LogP contribution in [0.3, 0.4) is 0 Å². The number of carboxylic acids is 1. The molecule has 0 atom stereocenters. The van der Waals surface area contributed by atoms with E-state index in [-0.39, 0.29) is 12.8 Å². The maximum Gasteiger partial charge on any atom is 0.305 e. The Hall–Kier alpha value is -5.11. The van der Waals surface area contributed by atoms with E-state index in [2.05, 4.69) is 0 Å². The van der Waals surface area contributed by atoms with E-state index in [0.717, 1.165) is 7.05 Å². The summed E-state index contributed by atoms with van der Waals surface area (Å²) >= 11 is 0. The summed E-state index contributed by atoms with van der Waals surface area (Å²) in [6.45, 7) is -18.1. The molecule has 0 bridgehead atoms. The topological polar surface area (TPSA) is 182 Å². The van der Waals surface area contributed by atoms with Crippen molar-refractivity contribution in [2.45, 2.75) is 70.6 Å². The number of anilines is 1. The molecular weight excluding hydrogens is 847 g/mol. The van der Waals surface area contributed by atoms with Crippen LogP contribution in [0.25, 0.3) is 16.7 Å². The third-order valence-corrected chi connectivity index (χ3v) is 11.7. The monoisotopic (exact) mass is 906 g/mol. The van der Waals surface area contributed by atoms with Gasteiger partial charge in [-0.3, -0.25) is 18.7 Å². The predicted octanol–water partition coefficient (Wildman–Crippen LogP) is 4.46. The molecule has 8 rings (SSSR count). The molecule has 3 aromatic carbocycles. The molecule has 0 aliphatic carbocycles. The first-order valence-electron chi connectivity index (χ1n) is 27.0. The molecule has 0 saturated carbocycles. The maximum atomic E-state index is 17.5. The van der Waals surface area contributed by atoms with E-state index in [9.17, 15) is 43.4 Å². The first kappa shape index (κ1) is 25.7. The third-order valence-electron chi connectivity index (χ3n) is 10.8. The molecule has 3 N–H and O–H groups in total. The van der Waals surface area contributed by atoms with Gasteiger partial charge in [-0.15, -0.1) is 0 Å². The number of ether oxygens (including phenoxy) is 1. The molecule has 5 aliphatic rings. The number of benzene rings is 3. The summed E-state index contributed by atoms with van der Waals surface area (Å²) in [6.07, 6.45) is -2.72. The second-order valence-electron chi connectivity index (χ2n) is 14.7. The lowest BCUT2D eigenvalue weighted by Gasteiger charge is -2.47. The summed E-state index contributed by atoms with van der Waals surface area (Å²) in [5.41, 5.74) is -29.3. The van der Waals surface area contributed by atoms with Crippen molar-refractivity contribution in [1.82, 2.24) is 9.48 Å². The Bertz CT molecular complexity index is 3710. The molecule has 0 aromatic heterocycles. The van der Waals surface area contributed by atoms with Gasteiger partial charge in [-0.2, -0.15) is 16.8 Å². The van der Waals surface area contributed by atoms with E-state index < -0.39 is 240 Å². The van der Waals surface area contributed by atoms with Gasteiger partial charge >= 0.3 is 5.97 Å². The fourth-order valence-electron chi connectivity index (χ4n) is 8.40. The number of carboxylic acid groups (broad SMARTS) is 1. The molecule has 3 aromatic rings. The Morgan fingerprint density at radius 2 is 1.56 bits per heavy atom. The summed E-state index contributed by atoms with van der Waals surface area (Å²) in [5, 5.41) is 7.71. The lowest BCUT2D eigenvalue weighted by molar-refractivity contribution is -0.137. The zero-order valence-electron chi connectivity index (χ0n) is 49.2. The van der Waals surface area contributed by atoms with Gasteiger partial charge in [-0.05, 0) is 62.3 Å². The van der Waals surface area contributed by atoms with Crippen LogP contribution in [0, 0.1) is 23.3 Å². The molecule has 13 nitrogen and oxygen atoms in total. The number of rotatable bonds is 9. The smallest absolute Gasteiger partial charge is 0.305 e. The van der Waals surface area contributed by atoms with Gasteiger partial charge in [0, 0.05) is 89.8 Å². The maximum absolute atomic E-state index is 17.5. The Balaban J connectivity index is 1.75. The van der Waals surface area contributed by atoms with E-state index in [1.807, 2.05) is 0 Å². The third kappa shape index (κ3) is 7.02. The van der Waals surface area contributed by atoms with Crippen LogP contribution in [0.5, 0.6) is 11.5 Å². The Kier molecular flexibility index (Phi) is 6.00. The quantitative estimate of drug-likeness (QED) is 0.0710. The molecule has 61 heavy (non-hydrogen) atoms. The average Bonchev–Trinajstić information content (AvgIpc) is 2.62. The van der Waals surface area contributed by atoms with Gasteiger partial charge in [0.15, 0.2) is 28.8 Å². The minimum Gasteiger partial charge on any atom is -0.481 e. The van der Waals surface area contributed by atoms with E-state index >= 15 is 17.6 Å². The van der Waals surface area contributed by atoms with Crippen molar-refractivity contribution >= 4 is 54.5 Å². The fraction of sp³-hybridized carbons (Fsp3) is 0.405. The number of nitrogens with zero attached hydrogens (tertiary/aromatic N) is 3. The van der Waals surface area contributed by atoms with Crippen molar-refractivity contribution in [3.63, 3.8) is 0 Å². The van der Waals surface area contributed by atoms with Crippen LogP contribution in [0.1, 0.15) is 115 Å². The standard InChI is InChI=1S/C42H41F4N3O10S2/c1-41(2)16-20(18-60(53,54)55)24-14-26-29(30-31(33(44)35(46)34(45)32(30)43)40(52)47(5)13-10-28(50)51)27-15-25-21(19-61(56,57)58)17-42(3,4)49-12-7-9-23(37(25)49)39(27)59-38(26)22-8-6-11-48(41)36(22)24/h14-17H,6-13,18-19H2,1-5H3,(H2-,50,51,53,54,55,56,57,58)/p+1/i1D3,2D3,3D3,4D3,16D,17D,18D2,19D2. The molecule has 0 radical (unpaired) electrons. The molecule has 19 heteroatoms. The van der Waals surface area contributed by atoms with Gasteiger partial charge in [0.1, 0.15) is 29.5 Å². The second kappa shape index (κ2) is 14.2. The average molecular weight is 907 g/mol. The van der Waals surface area contributed by atoms with Crippen molar-refractivity contribution in [2.75, 3.05) is 43.0 Å². The highest BCUT2D eigenvalue weighted by Crippen LogP contribution is 2.53. The van der Waals surface area contributed by atoms with Gasteiger partial charge in [0.25, 0.3) is 26.1 Å². The first-order valence-corrected chi connectivity index (χ1v) is 20.8. The van der Waals surface area contributed by atoms with Gasteiger partial charge < -0.3 is 19.6 Å². The van der Waals surface area contributed by atoms with Crippen LogP contribution in [0.4, 0.5) is 23.2 Å². The van der Waals surface area contributed by atoms with Crippen molar-refractivity contribution < 1.29 is 87.6 Å². The van der Waals surface area contributed by atoms with Gasteiger partial charge in [0.2, 0.25) is 5.36 Å². The molecule has 1 amide bonds. The van der Waals surface area contributed by atoms with E-state index in [1.165, 1.54) is 0 Å². The molecule has 0 spiro atoms. The highest BCUT2D eigenvalue weighted by Gasteiger charge is 2.45. The number of carbonyl (C=O) groups excluding carboxylic acids is 1. The number of halogens is 4. The van der Waals surface area contributed by atoms with Crippen LogP contribution >= 0.6 is 0 Å². The lowest BCUT2D eigenvalue weighted by atomic mass is 9.78. The molecule has 0 saturated heterocycles. The van der Waals surface area contributed by atoms with Crippen molar-refractivity contribution in [2.24, 2.45) is 0 Å². The van der Waals surface area contributed by atoms with Gasteiger partial charge in [0.05, 0.1) is 42.6 Å². The van der Waals surface area contributed by atoms with E-state index in [1.54, 1.807) is 0 Å². The van der Waals surface area contributed by atoms with Crippen LogP contribution in [0.2, 0.25) is 0 Å². The van der Waals surface area contributed by atoms with Gasteiger partial charge in [-0.25, -0.2) is 22.1 Å². The molecule has 0 unspecified atom stereocenters. The molecule has 5 aliphatic heterocycles. The summed E-state index contributed by atoms with van der Waals surface area (Å²) < 4.78 is 305. The molecule has 5 heterocycles. The number of hydrogen-bond acceptors (Lipinski definition) is 8. The Labute approximate surface area is 373 Å². The SMILES string of the molecule is [2H]C1=C(C([2H])([2H])S(=O)(=O)O)c2cc3c(c4c2N(CCC4)C1(C([2H])([2H])[2H])C([2H])([2H])[2H])Oc1c2c4c(cc1=C3c1c(F)c(F)c(F)c(F)c1C(=O)N(C)CCC(=O)O)C(C([2H])([2H])S(=O)(=O)O)=C([2H])C(C([2H])([2H])[2H])(C([2H])([2H])[2H])[N+]=4CCC2. The van der Waals surface area contributed by atoms with Crippen LogP contribution < -0.4 is 24.8 Å². The van der Waals surface area contributed by atoms with Crippen molar-refractivity contribution in [1.29, 1.82) is 0 Å². The van der Waals surface area contributed by atoms with E-state index in [0.29, 0.717) is 26.5 Å². The van der Waals surface area contributed by atoms with Crippen molar-refractivity contribution in [3.8, 4) is 11.5 Å². The van der Waals surface area contributed by atoms with Crippen LogP contribution in [0.15, 0.2) is 24.2 Å². The first-order chi connectivity index (χ1) is 35.7. The molecular formula is C42H42F4N3O10S2+. The summed E-state index contributed by atoms with van der Waals surface area (Å²) in [6, 6.07) is -2.61. The largest absolute Gasteiger partial charge is 0.481 e. The second-order valence-corrected chi connectivity index (χ2v) is 17.0. The lowest BCUT2D eigenvalue weighted by Crippen LogP contribution is -2.53. The zero-order chi connectivity index (χ0) is 59.8. The van der Waals surface area contributed by atoms with Crippen molar-refractivity contribution in [3.05, 3.63) is 97.0 Å². The van der Waals surface area contributed by atoms with Gasteiger partial charge in [-0.1, -0.05) is 6.05 Å².